The van der Waals surface area contributed by atoms with Crippen LogP contribution in [-0.2, 0) is 0 Å². The molecule has 4 rings (SSSR count). The molecule has 0 atom stereocenters. The number of nitrogens with zero attached hydrogens (tertiary/aromatic N) is 3. The van der Waals surface area contributed by atoms with Crippen LogP contribution in [0.15, 0.2) is 73.2 Å². The topological polar surface area (TPSA) is 50.7 Å². The van der Waals surface area contributed by atoms with Crippen molar-refractivity contribution in [1.29, 1.82) is 0 Å². The number of rotatable bonds is 4. The average Bonchev–Trinajstić information content (AvgIpc) is 3.05. The summed E-state index contributed by atoms with van der Waals surface area (Å²) in [4.78, 5) is 13.3. The lowest BCUT2D eigenvalue weighted by Gasteiger charge is -2.09. The number of benzene rings is 1. The molecule has 1 aromatic carbocycles. The highest BCUT2D eigenvalue weighted by Crippen LogP contribution is 2.26. The van der Waals surface area contributed by atoms with Crippen LogP contribution in [0.5, 0.6) is 0 Å². The van der Waals surface area contributed by atoms with E-state index in [0.717, 1.165) is 27.6 Å². The van der Waals surface area contributed by atoms with Gasteiger partial charge in [-0.15, -0.1) is 11.3 Å². The van der Waals surface area contributed by atoms with Gasteiger partial charge in [-0.05, 0) is 42.5 Å². The molecule has 4 nitrogen and oxygen atoms in total. The van der Waals surface area contributed by atoms with Crippen LogP contribution in [0.1, 0.15) is 10.7 Å². The Morgan fingerprint density at radius 2 is 1.88 bits per heavy atom. The number of anilines is 1. The third-order valence-electron chi connectivity index (χ3n) is 3.46. The number of para-hydroxylation sites is 1. The molecular formula is C19H14N4S. The van der Waals surface area contributed by atoms with Crippen molar-refractivity contribution in [2.75, 3.05) is 5.32 Å². The second-order valence-corrected chi connectivity index (χ2v) is 6.22. The monoisotopic (exact) mass is 330 g/mol. The molecule has 0 aliphatic carbocycles. The minimum Gasteiger partial charge on any atom is -0.352 e. The molecule has 0 radical (unpaired) electrons. The van der Waals surface area contributed by atoms with E-state index in [-0.39, 0.29) is 0 Å². The van der Waals surface area contributed by atoms with Crippen molar-refractivity contribution in [3.8, 4) is 0 Å². The Morgan fingerprint density at radius 3 is 2.67 bits per heavy atom. The van der Waals surface area contributed by atoms with E-state index < -0.39 is 0 Å². The summed E-state index contributed by atoms with van der Waals surface area (Å²) in [7, 11) is 0. The highest BCUT2D eigenvalue weighted by molar-refractivity contribution is 7.19. The molecule has 0 spiro atoms. The molecule has 3 aromatic heterocycles. The quantitative estimate of drug-likeness (QED) is 0.589. The van der Waals surface area contributed by atoms with Crippen molar-refractivity contribution in [3.63, 3.8) is 0 Å². The molecule has 0 amide bonds. The molecule has 4 aromatic rings. The Morgan fingerprint density at radius 1 is 0.958 bits per heavy atom. The minimum atomic E-state index is 0.862. The van der Waals surface area contributed by atoms with Gasteiger partial charge in [0.05, 0.1) is 33.5 Å². The Hall–Kier alpha value is -3.05. The van der Waals surface area contributed by atoms with Crippen molar-refractivity contribution in [1.82, 2.24) is 15.0 Å². The third-order valence-corrected chi connectivity index (χ3v) is 4.44. The summed E-state index contributed by atoms with van der Waals surface area (Å²) < 4.78 is 1.17. The lowest BCUT2D eigenvalue weighted by atomic mass is 10.2. The standard InChI is InChI=1S/C19H14N4S/c1-2-9-18-16(8-1)23-19(24-18)12-17(15-7-3-4-11-21-15)22-14-6-5-10-20-13-14/h1-13,22H/b17-12-. The van der Waals surface area contributed by atoms with Crippen molar-refractivity contribution in [2.45, 2.75) is 0 Å². The largest absolute Gasteiger partial charge is 0.352 e. The molecular weight excluding hydrogens is 316 g/mol. The molecule has 0 bridgehead atoms. The smallest absolute Gasteiger partial charge is 0.119 e. The number of thiazole rings is 1. The summed E-state index contributed by atoms with van der Waals surface area (Å²) in [5.74, 6) is 0. The van der Waals surface area contributed by atoms with E-state index >= 15 is 0 Å². The Labute approximate surface area is 143 Å². The molecule has 0 fully saturated rings. The summed E-state index contributed by atoms with van der Waals surface area (Å²) in [6.45, 7) is 0. The first kappa shape index (κ1) is 14.5. The highest BCUT2D eigenvalue weighted by Gasteiger charge is 2.07. The zero-order chi connectivity index (χ0) is 16.2. The van der Waals surface area contributed by atoms with E-state index in [1.807, 2.05) is 54.6 Å². The molecule has 116 valence electrons. The first-order valence-corrected chi connectivity index (χ1v) is 8.36. The van der Waals surface area contributed by atoms with Gasteiger partial charge in [0.15, 0.2) is 0 Å². The third kappa shape index (κ3) is 3.16. The van der Waals surface area contributed by atoms with Gasteiger partial charge < -0.3 is 5.32 Å². The number of nitrogens with one attached hydrogen (secondary N) is 1. The van der Waals surface area contributed by atoms with Crippen molar-refractivity contribution < 1.29 is 0 Å². The molecule has 24 heavy (non-hydrogen) atoms. The van der Waals surface area contributed by atoms with Gasteiger partial charge >= 0.3 is 0 Å². The number of fused-ring (bicyclic) bond motifs is 1. The second kappa shape index (κ2) is 6.60. The van der Waals surface area contributed by atoms with Crippen LogP contribution in [-0.4, -0.2) is 15.0 Å². The van der Waals surface area contributed by atoms with Gasteiger partial charge in [-0.3, -0.25) is 9.97 Å². The zero-order valence-electron chi connectivity index (χ0n) is 12.8. The fourth-order valence-electron chi connectivity index (χ4n) is 2.36. The fraction of sp³-hybridized carbons (Fsp3) is 0. The summed E-state index contributed by atoms with van der Waals surface area (Å²) in [5.41, 5.74) is 3.68. The Bertz CT molecular complexity index is 945. The maximum Gasteiger partial charge on any atom is 0.119 e. The van der Waals surface area contributed by atoms with E-state index in [0.29, 0.717) is 0 Å². The van der Waals surface area contributed by atoms with Gasteiger partial charge in [0.2, 0.25) is 0 Å². The van der Waals surface area contributed by atoms with Crippen LogP contribution in [0.25, 0.3) is 22.0 Å². The highest BCUT2D eigenvalue weighted by atomic mass is 32.1. The van der Waals surface area contributed by atoms with Gasteiger partial charge in [0, 0.05) is 12.4 Å². The lowest BCUT2D eigenvalue weighted by Crippen LogP contribution is -2.00. The summed E-state index contributed by atoms with van der Waals surface area (Å²) >= 11 is 1.66. The summed E-state index contributed by atoms with van der Waals surface area (Å²) in [6.07, 6.45) is 7.35. The Balaban J connectivity index is 1.76. The van der Waals surface area contributed by atoms with E-state index in [2.05, 4.69) is 26.3 Å². The van der Waals surface area contributed by atoms with Crippen LogP contribution in [0.4, 0.5) is 5.69 Å². The van der Waals surface area contributed by atoms with Gasteiger partial charge in [-0.25, -0.2) is 4.98 Å². The van der Waals surface area contributed by atoms with Gasteiger partial charge in [0.1, 0.15) is 5.01 Å². The van der Waals surface area contributed by atoms with Crippen LogP contribution in [0.3, 0.4) is 0 Å². The van der Waals surface area contributed by atoms with E-state index in [4.69, 9.17) is 0 Å². The Kier molecular flexibility index (Phi) is 4.00. The fourth-order valence-corrected chi connectivity index (χ4v) is 3.27. The maximum absolute atomic E-state index is 4.68. The number of pyridine rings is 2. The molecule has 0 saturated heterocycles. The van der Waals surface area contributed by atoms with Crippen molar-refractivity contribution in [3.05, 3.63) is 83.9 Å². The van der Waals surface area contributed by atoms with Crippen LogP contribution in [0.2, 0.25) is 0 Å². The number of aromatic nitrogens is 3. The van der Waals surface area contributed by atoms with Crippen molar-refractivity contribution in [2.24, 2.45) is 0 Å². The minimum absolute atomic E-state index is 0.862. The van der Waals surface area contributed by atoms with E-state index in [1.54, 1.807) is 29.9 Å². The summed E-state index contributed by atoms with van der Waals surface area (Å²) in [6, 6.07) is 17.9. The number of hydrogen-bond acceptors (Lipinski definition) is 5. The SMILES string of the molecule is C(=C(/Nc1cccnc1)c1ccccn1)/c1nc2ccccc2s1. The molecule has 1 N–H and O–H groups in total. The molecule has 3 heterocycles. The van der Waals surface area contributed by atoms with Gasteiger partial charge in [-0.2, -0.15) is 0 Å². The van der Waals surface area contributed by atoms with Gasteiger partial charge in [-0.1, -0.05) is 18.2 Å². The van der Waals surface area contributed by atoms with E-state index in [9.17, 15) is 0 Å². The predicted molar refractivity (Wildman–Crippen MR) is 99.6 cm³/mol. The van der Waals surface area contributed by atoms with E-state index in [1.165, 1.54) is 4.70 Å². The van der Waals surface area contributed by atoms with Crippen LogP contribution >= 0.6 is 11.3 Å². The lowest BCUT2D eigenvalue weighted by molar-refractivity contribution is 1.26. The maximum atomic E-state index is 4.68. The average molecular weight is 330 g/mol. The molecule has 0 unspecified atom stereocenters. The van der Waals surface area contributed by atoms with Crippen molar-refractivity contribution >= 4 is 39.0 Å². The first-order valence-electron chi connectivity index (χ1n) is 7.54. The predicted octanol–water partition coefficient (Wildman–Crippen LogP) is 4.70. The van der Waals surface area contributed by atoms with Crippen LogP contribution < -0.4 is 5.32 Å². The van der Waals surface area contributed by atoms with Gasteiger partial charge in [0.25, 0.3) is 0 Å². The second-order valence-electron chi connectivity index (χ2n) is 5.16. The molecule has 0 aliphatic heterocycles. The molecule has 0 aliphatic rings. The summed E-state index contributed by atoms with van der Waals surface area (Å²) in [5, 5.41) is 4.33. The normalized spacial score (nSPS) is 11.6. The zero-order valence-corrected chi connectivity index (χ0v) is 13.6. The molecule has 5 heteroatoms. The molecule has 0 saturated carbocycles. The van der Waals surface area contributed by atoms with Crippen LogP contribution in [0, 0.1) is 0 Å². The number of hydrogen-bond donors (Lipinski definition) is 1. The first-order chi connectivity index (χ1) is 11.9.